The van der Waals surface area contributed by atoms with Gasteiger partial charge in [0.15, 0.2) is 0 Å². The van der Waals surface area contributed by atoms with Crippen LogP contribution in [0.2, 0.25) is 13.1 Å². The molecular formula is C18H35N3O2SSi. The Morgan fingerprint density at radius 2 is 1.72 bits per heavy atom. The number of hydrogen-bond acceptors (Lipinski definition) is 3. The number of hydrogen-bond donors (Lipinski definition) is 0. The van der Waals surface area contributed by atoms with E-state index in [2.05, 4.69) is 13.1 Å². The first-order valence-electron chi connectivity index (χ1n) is 9.51. The zero-order valence-corrected chi connectivity index (χ0v) is 18.9. The number of rotatable bonds is 5. The summed E-state index contributed by atoms with van der Waals surface area (Å²) in [6.45, 7) is 10.6. The molecule has 2 rings (SSSR count). The van der Waals surface area contributed by atoms with Crippen LogP contribution in [0.4, 0.5) is 0 Å². The Morgan fingerprint density at radius 3 is 2.16 bits per heavy atom. The molecule has 7 heteroatoms. The Bertz CT molecular complexity index is 697. The summed E-state index contributed by atoms with van der Waals surface area (Å²) in [5, 5.41) is 1.08. The second-order valence-corrected chi connectivity index (χ2v) is 13.8. The van der Waals surface area contributed by atoms with Gasteiger partial charge in [0.1, 0.15) is 5.82 Å². The van der Waals surface area contributed by atoms with Gasteiger partial charge in [0, 0.05) is 24.8 Å². The summed E-state index contributed by atoms with van der Waals surface area (Å²) < 4.78 is 29.2. The van der Waals surface area contributed by atoms with Crippen molar-refractivity contribution in [3.63, 3.8) is 0 Å². The van der Waals surface area contributed by atoms with Gasteiger partial charge < -0.3 is 0 Å². The Morgan fingerprint density at radius 1 is 1.16 bits per heavy atom. The third-order valence-corrected chi connectivity index (χ3v) is 8.41. The van der Waals surface area contributed by atoms with E-state index in [0.29, 0.717) is 11.7 Å². The Hall–Kier alpha value is -0.663. The van der Waals surface area contributed by atoms with Crippen molar-refractivity contribution in [1.29, 1.82) is 0 Å². The van der Waals surface area contributed by atoms with Gasteiger partial charge in [-0.1, -0.05) is 66.0 Å². The molecule has 0 N–H and O–H groups in total. The maximum absolute atomic E-state index is 13.2. The average molecular weight is 386 g/mol. The summed E-state index contributed by atoms with van der Waals surface area (Å²) in [5.41, 5.74) is 0.651. The van der Waals surface area contributed by atoms with Crippen LogP contribution in [0.5, 0.6) is 0 Å². The van der Waals surface area contributed by atoms with Gasteiger partial charge in [-0.15, -0.1) is 0 Å². The van der Waals surface area contributed by atoms with Crippen LogP contribution in [-0.4, -0.2) is 44.6 Å². The smallest absolute Gasteiger partial charge is 0.241 e. The first-order valence-corrected chi connectivity index (χ1v) is 13.8. The number of nitrogens with zero attached hydrogens (tertiary/aromatic N) is 3. The predicted octanol–water partition coefficient (Wildman–Crippen LogP) is 2.65. The molecular weight excluding hydrogens is 350 g/mol. The highest BCUT2D eigenvalue weighted by Crippen LogP contribution is 2.30. The van der Waals surface area contributed by atoms with Crippen molar-refractivity contribution in [2.45, 2.75) is 77.8 Å². The maximum Gasteiger partial charge on any atom is 0.308 e. The standard InChI is InChI=1S/C18H35N3O2SSi/c1-18(2,3)17-19-16(25(6)7)15(13-14-11-9-8-10-12-14)21(17)24(22,23)20(4)5/h14,25H,8-13H2,1-7H3. The third-order valence-electron chi connectivity index (χ3n) is 5.08. The summed E-state index contributed by atoms with van der Waals surface area (Å²) in [4.78, 5) is 4.91. The average Bonchev–Trinajstić information content (AvgIpc) is 2.88. The van der Waals surface area contributed by atoms with Crippen LogP contribution >= 0.6 is 0 Å². The SMILES string of the molecule is CN(C)S(=O)(=O)n1c(C(C)(C)C)nc([SiH](C)C)c1CC1CCCCC1. The molecule has 1 aliphatic carbocycles. The van der Waals surface area contributed by atoms with Gasteiger partial charge in [-0.3, -0.25) is 0 Å². The molecule has 0 radical (unpaired) electrons. The number of aromatic nitrogens is 2. The maximum atomic E-state index is 13.2. The lowest BCUT2D eigenvalue weighted by Crippen LogP contribution is -2.36. The summed E-state index contributed by atoms with van der Waals surface area (Å²) in [7, 11) is -1.59. The summed E-state index contributed by atoms with van der Waals surface area (Å²) in [6.07, 6.45) is 7.09. The minimum atomic E-state index is -3.58. The Kier molecular flexibility index (Phi) is 6.21. The van der Waals surface area contributed by atoms with Crippen LogP contribution in [0.15, 0.2) is 0 Å². The molecule has 1 saturated carbocycles. The van der Waals surface area contributed by atoms with Gasteiger partial charge in [-0.05, 0) is 12.3 Å². The number of imidazole rings is 1. The molecule has 0 aromatic carbocycles. The van der Waals surface area contributed by atoms with Gasteiger partial charge in [0.2, 0.25) is 0 Å². The normalized spacial score (nSPS) is 17.6. The fraction of sp³-hybridized carbons (Fsp3) is 0.833. The molecule has 25 heavy (non-hydrogen) atoms. The zero-order chi connectivity index (χ0) is 19.0. The second kappa shape index (κ2) is 7.52. The molecule has 5 nitrogen and oxygen atoms in total. The Labute approximate surface area is 155 Å². The molecule has 0 unspecified atom stereocenters. The van der Waals surface area contributed by atoms with Gasteiger partial charge >= 0.3 is 10.2 Å². The van der Waals surface area contributed by atoms with Crippen molar-refractivity contribution in [3.05, 3.63) is 11.5 Å². The lowest BCUT2D eigenvalue weighted by molar-refractivity contribution is 0.353. The highest BCUT2D eigenvalue weighted by atomic mass is 32.2. The molecule has 0 atom stereocenters. The fourth-order valence-corrected chi connectivity index (χ4v) is 6.35. The first kappa shape index (κ1) is 20.6. The quantitative estimate of drug-likeness (QED) is 0.732. The Balaban J connectivity index is 2.66. The van der Waals surface area contributed by atoms with Crippen LogP contribution in [-0.2, 0) is 22.0 Å². The van der Waals surface area contributed by atoms with Gasteiger partial charge in [0.05, 0.1) is 14.5 Å². The zero-order valence-electron chi connectivity index (χ0n) is 17.0. The van der Waals surface area contributed by atoms with Crippen LogP contribution in [0.1, 0.15) is 64.4 Å². The van der Waals surface area contributed by atoms with Crippen molar-refractivity contribution in [1.82, 2.24) is 13.3 Å². The molecule has 0 spiro atoms. The molecule has 1 aliphatic rings. The van der Waals surface area contributed by atoms with Crippen LogP contribution in [0.25, 0.3) is 0 Å². The molecule has 1 aromatic rings. The highest BCUT2D eigenvalue weighted by Gasteiger charge is 2.34. The third kappa shape index (κ3) is 4.36. The van der Waals surface area contributed by atoms with E-state index in [-0.39, 0.29) is 5.41 Å². The predicted molar refractivity (Wildman–Crippen MR) is 108 cm³/mol. The van der Waals surface area contributed by atoms with Crippen molar-refractivity contribution in [2.24, 2.45) is 5.92 Å². The minimum absolute atomic E-state index is 0.314. The van der Waals surface area contributed by atoms with Crippen LogP contribution in [0.3, 0.4) is 0 Å². The summed E-state index contributed by atoms with van der Waals surface area (Å²) in [6, 6.07) is 0. The molecule has 1 aromatic heterocycles. The van der Waals surface area contributed by atoms with Crippen molar-refractivity contribution < 1.29 is 8.42 Å². The van der Waals surface area contributed by atoms with E-state index in [1.165, 1.54) is 36.4 Å². The molecule has 0 saturated heterocycles. The molecule has 1 heterocycles. The van der Waals surface area contributed by atoms with Gasteiger partial charge in [-0.25, -0.2) is 8.96 Å². The molecule has 0 aliphatic heterocycles. The topological polar surface area (TPSA) is 55.2 Å². The molecule has 0 bridgehead atoms. The van der Waals surface area contributed by atoms with Crippen molar-refractivity contribution in [2.75, 3.05) is 14.1 Å². The van der Waals surface area contributed by atoms with Crippen molar-refractivity contribution >= 4 is 24.3 Å². The van der Waals surface area contributed by atoms with E-state index in [1.807, 2.05) is 20.8 Å². The van der Waals surface area contributed by atoms with E-state index >= 15 is 0 Å². The minimum Gasteiger partial charge on any atom is -0.241 e. The lowest BCUT2D eigenvalue weighted by Gasteiger charge is -2.26. The monoisotopic (exact) mass is 385 g/mol. The van der Waals surface area contributed by atoms with E-state index in [4.69, 9.17) is 4.98 Å². The molecule has 0 amide bonds. The van der Waals surface area contributed by atoms with Crippen molar-refractivity contribution in [3.8, 4) is 0 Å². The summed E-state index contributed by atoms with van der Waals surface area (Å²) in [5.74, 6) is 1.27. The van der Waals surface area contributed by atoms with Crippen LogP contribution < -0.4 is 5.32 Å². The largest absolute Gasteiger partial charge is 0.308 e. The van der Waals surface area contributed by atoms with E-state index in [0.717, 1.165) is 17.4 Å². The first-order chi connectivity index (χ1) is 11.5. The van der Waals surface area contributed by atoms with Gasteiger partial charge in [-0.2, -0.15) is 12.7 Å². The molecule has 1 fully saturated rings. The van der Waals surface area contributed by atoms with E-state index in [9.17, 15) is 8.42 Å². The summed E-state index contributed by atoms with van der Waals surface area (Å²) >= 11 is 0. The highest BCUT2D eigenvalue weighted by molar-refractivity contribution is 7.87. The van der Waals surface area contributed by atoms with Gasteiger partial charge in [0.25, 0.3) is 0 Å². The fourth-order valence-electron chi connectivity index (χ4n) is 3.65. The van der Waals surface area contributed by atoms with E-state index < -0.39 is 19.0 Å². The lowest BCUT2D eigenvalue weighted by atomic mass is 9.86. The van der Waals surface area contributed by atoms with Crippen LogP contribution in [0, 0.1) is 5.92 Å². The second-order valence-electron chi connectivity index (χ2n) is 8.93. The van der Waals surface area contributed by atoms with E-state index in [1.54, 1.807) is 18.1 Å². The molecule has 144 valence electrons.